The van der Waals surface area contributed by atoms with Gasteiger partial charge in [-0.15, -0.1) is 0 Å². The molecule has 2 aliphatic heterocycles. The molecule has 2 saturated heterocycles. The summed E-state index contributed by atoms with van der Waals surface area (Å²) in [6.45, 7) is 9.37. The van der Waals surface area contributed by atoms with Crippen molar-refractivity contribution in [1.29, 1.82) is 0 Å². The van der Waals surface area contributed by atoms with Gasteiger partial charge in [0.1, 0.15) is 4.99 Å². The van der Waals surface area contributed by atoms with Crippen LogP contribution in [-0.2, 0) is 0 Å². The van der Waals surface area contributed by atoms with Crippen LogP contribution >= 0.6 is 12.2 Å². The second-order valence-corrected chi connectivity index (χ2v) is 9.82. The van der Waals surface area contributed by atoms with Crippen LogP contribution in [0.25, 0.3) is 0 Å². The van der Waals surface area contributed by atoms with Gasteiger partial charge in [-0.2, -0.15) is 0 Å². The molecule has 0 spiro atoms. The van der Waals surface area contributed by atoms with E-state index in [1.54, 1.807) is 4.90 Å². The number of anilines is 1. The highest BCUT2D eigenvalue weighted by atomic mass is 32.1. The maximum atomic E-state index is 11.2. The summed E-state index contributed by atoms with van der Waals surface area (Å²) in [6.07, 6.45) is 3.55. The summed E-state index contributed by atoms with van der Waals surface area (Å²) < 4.78 is 0. The zero-order valence-electron chi connectivity index (χ0n) is 17.2. The third-order valence-corrected chi connectivity index (χ3v) is 6.84. The second-order valence-electron chi connectivity index (χ2n) is 9.38. The van der Waals surface area contributed by atoms with Gasteiger partial charge in [0.2, 0.25) is 0 Å². The van der Waals surface area contributed by atoms with Crippen LogP contribution in [0, 0.1) is 17.3 Å². The third kappa shape index (κ3) is 4.59. The van der Waals surface area contributed by atoms with Crippen molar-refractivity contribution in [2.45, 2.75) is 52.5 Å². The monoisotopic (exact) mass is 403 g/mol. The van der Waals surface area contributed by atoms with E-state index in [0.717, 1.165) is 31.4 Å². The van der Waals surface area contributed by atoms with Crippen LogP contribution in [0.5, 0.6) is 0 Å². The van der Waals surface area contributed by atoms with Gasteiger partial charge >= 0.3 is 6.09 Å². The van der Waals surface area contributed by atoms with Crippen molar-refractivity contribution in [1.82, 2.24) is 4.90 Å². The molecule has 5 nitrogen and oxygen atoms in total. The quantitative estimate of drug-likeness (QED) is 0.735. The van der Waals surface area contributed by atoms with Crippen molar-refractivity contribution in [2.24, 2.45) is 23.0 Å². The van der Waals surface area contributed by atoms with E-state index in [9.17, 15) is 9.90 Å². The van der Waals surface area contributed by atoms with Crippen LogP contribution in [-0.4, -0.2) is 46.8 Å². The SMILES string of the molecule is CC(C)(C)C1CC(C2CCN(C(=O)O)CC2)CCN1c1ccc(C(N)=S)cc1. The first-order valence-corrected chi connectivity index (χ1v) is 10.7. The first kappa shape index (κ1) is 20.9. The average Bonchev–Trinajstić information content (AvgIpc) is 2.67. The number of amides is 1. The van der Waals surface area contributed by atoms with Gasteiger partial charge < -0.3 is 20.6 Å². The van der Waals surface area contributed by atoms with Crippen LogP contribution in [0.1, 0.15) is 52.0 Å². The van der Waals surface area contributed by atoms with Crippen LogP contribution in [0.3, 0.4) is 0 Å². The second kappa shape index (κ2) is 8.27. The van der Waals surface area contributed by atoms with Crippen molar-refractivity contribution >= 4 is 29.0 Å². The number of hydrogen-bond acceptors (Lipinski definition) is 3. The Morgan fingerprint density at radius 3 is 2.14 bits per heavy atom. The van der Waals surface area contributed by atoms with Crippen LogP contribution in [0.15, 0.2) is 24.3 Å². The smallest absolute Gasteiger partial charge is 0.407 e. The van der Waals surface area contributed by atoms with Gasteiger partial charge in [-0.05, 0) is 67.2 Å². The Hall–Kier alpha value is -1.82. The molecule has 2 unspecified atom stereocenters. The predicted molar refractivity (Wildman–Crippen MR) is 118 cm³/mol. The number of rotatable bonds is 3. The maximum Gasteiger partial charge on any atom is 0.407 e. The minimum Gasteiger partial charge on any atom is -0.465 e. The Balaban J connectivity index is 1.72. The molecule has 1 amide bonds. The fraction of sp³-hybridized carbons (Fsp3) is 0.636. The molecule has 28 heavy (non-hydrogen) atoms. The number of nitrogens with zero attached hydrogens (tertiary/aromatic N) is 2. The number of thiocarbonyl (C=S) groups is 1. The van der Waals surface area contributed by atoms with Gasteiger partial charge in [-0.1, -0.05) is 33.0 Å². The molecule has 2 atom stereocenters. The lowest BCUT2D eigenvalue weighted by atomic mass is 9.71. The van der Waals surface area contributed by atoms with E-state index in [2.05, 4.69) is 37.8 Å². The van der Waals surface area contributed by atoms with Crippen molar-refractivity contribution in [3.8, 4) is 0 Å². The number of benzene rings is 1. The standard InChI is InChI=1S/C22H33N3O2S/c1-22(2,3)19-14-17(15-8-11-24(12-9-15)21(26)27)10-13-25(19)18-6-4-16(5-7-18)20(23)28/h4-7,15,17,19H,8-14H2,1-3H3,(H2,23,28)(H,26,27). The lowest BCUT2D eigenvalue weighted by Gasteiger charge is -2.49. The molecule has 3 N–H and O–H groups in total. The topological polar surface area (TPSA) is 69.8 Å². The molecule has 6 heteroatoms. The van der Waals surface area contributed by atoms with E-state index in [0.29, 0.717) is 36.0 Å². The number of likely N-dealkylation sites (tertiary alicyclic amines) is 1. The lowest BCUT2D eigenvalue weighted by molar-refractivity contribution is 0.0959. The van der Waals surface area contributed by atoms with E-state index < -0.39 is 6.09 Å². The van der Waals surface area contributed by atoms with Crippen LogP contribution < -0.4 is 10.6 Å². The fourth-order valence-electron chi connectivity index (χ4n) is 4.93. The minimum absolute atomic E-state index is 0.169. The Labute approximate surface area is 173 Å². The number of hydrogen-bond donors (Lipinski definition) is 2. The summed E-state index contributed by atoms with van der Waals surface area (Å²) in [5.74, 6) is 1.31. The van der Waals surface area contributed by atoms with E-state index in [1.165, 1.54) is 12.1 Å². The number of piperidine rings is 2. The maximum absolute atomic E-state index is 11.2. The summed E-state index contributed by atoms with van der Waals surface area (Å²) in [5.41, 5.74) is 8.06. The highest BCUT2D eigenvalue weighted by Gasteiger charge is 2.39. The molecule has 2 aliphatic rings. The summed E-state index contributed by atoms with van der Waals surface area (Å²) >= 11 is 5.08. The highest BCUT2D eigenvalue weighted by molar-refractivity contribution is 7.80. The zero-order chi connectivity index (χ0) is 20.5. The van der Waals surface area contributed by atoms with E-state index >= 15 is 0 Å². The first-order valence-electron chi connectivity index (χ1n) is 10.3. The molecule has 0 aliphatic carbocycles. The number of nitrogens with two attached hydrogens (primary N) is 1. The molecular weight excluding hydrogens is 370 g/mol. The van der Waals surface area contributed by atoms with Crippen molar-refractivity contribution in [2.75, 3.05) is 24.5 Å². The largest absolute Gasteiger partial charge is 0.465 e. The Morgan fingerprint density at radius 2 is 1.64 bits per heavy atom. The Kier molecular flexibility index (Phi) is 6.18. The summed E-state index contributed by atoms with van der Waals surface area (Å²) in [4.78, 5) is 15.7. The molecule has 1 aromatic rings. The van der Waals surface area contributed by atoms with Crippen LogP contribution in [0.2, 0.25) is 0 Å². The first-order chi connectivity index (χ1) is 13.2. The van der Waals surface area contributed by atoms with Crippen LogP contribution in [0.4, 0.5) is 10.5 Å². The normalized spacial score (nSPS) is 24.2. The average molecular weight is 404 g/mol. The molecule has 154 valence electrons. The molecule has 1 aromatic carbocycles. The summed E-state index contributed by atoms with van der Waals surface area (Å²) in [7, 11) is 0. The van der Waals surface area contributed by atoms with Gasteiger partial charge in [-0.25, -0.2) is 4.79 Å². The van der Waals surface area contributed by atoms with Gasteiger partial charge in [0.15, 0.2) is 0 Å². The summed E-state index contributed by atoms with van der Waals surface area (Å²) in [6, 6.07) is 8.77. The van der Waals surface area contributed by atoms with Gasteiger partial charge in [0.05, 0.1) is 0 Å². The Morgan fingerprint density at radius 1 is 1.07 bits per heavy atom. The molecule has 0 aromatic heterocycles. The molecule has 2 heterocycles. The van der Waals surface area contributed by atoms with E-state index in [-0.39, 0.29) is 5.41 Å². The van der Waals surface area contributed by atoms with Crippen molar-refractivity contribution in [3.05, 3.63) is 29.8 Å². The lowest BCUT2D eigenvalue weighted by Crippen LogP contribution is -2.51. The molecule has 0 bridgehead atoms. The molecule has 0 radical (unpaired) electrons. The predicted octanol–water partition coefficient (Wildman–Crippen LogP) is 4.34. The highest BCUT2D eigenvalue weighted by Crippen LogP contribution is 2.42. The molecular formula is C22H33N3O2S. The van der Waals surface area contributed by atoms with E-state index in [4.69, 9.17) is 18.0 Å². The zero-order valence-corrected chi connectivity index (χ0v) is 18.0. The molecule has 0 saturated carbocycles. The van der Waals surface area contributed by atoms with Crippen molar-refractivity contribution < 1.29 is 9.90 Å². The van der Waals surface area contributed by atoms with Crippen molar-refractivity contribution in [3.63, 3.8) is 0 Å². The third-order valence-electron chi connectivity index (χ3n) is 6.60. The minimum atomic E-state index is -0.777. The summed E-state index contributed by atoms with van der Waals surface area (Å²) in [5, 5.41) is 9.20. The molecule has 3 rings (SSSR count). The van der Waals surface area contributed by atoms with Gasteiger partial charge in [-0.3, -0.25) is 0 Å². The van der Waals surface area contributed by atoms with Gasteiger partial charge in [0.25, 0.3) is 0 Å². The van der Waals surface area contributed by atoms with E-state index in [1.807, 2.05) is 12.1 Å². The number of carboxylic acid groups (broad SMARTS) is 1. The van der Waals surface area contributed by atoms with Gasteiger partial charge in [0, 0.05) is 36.9 Å². The Bertz CT molecular complexity index is 705. The molecule has 2 fully saturated rings. The fourth-order valence-corrected chi connectivity index (χ4v) is 5.07. The number of carbonyl (C=O) groups is 1.